The lowest BCUT2D eigenvalue weighted by Gasteiger charge is -2.31. The average molecular weight is 470 g/mol. The van der Waals surface area contributed by atoms with Crippen LogP contribution in [0.4, 0.5) is 10.1 Å². The molecule has 0 saturated carbocycles. The number of rotatable bonds is 9. The van der Waals surface area contributed by atoms with Gasteiger partial charge in [0.05, 0.1) is 17.0 Å². The van der Waals surface area contributed by atoms with Gasteiger partial charge in [-0.25, -0.2) is 12.8 Å². The lowest BCUT2D eigenvalue weighted by Crippen LogP contribution is -2.51. The Morgan fingerprint density at radius 2 is 1.74 bits per heavy atom. The van der Waals surface area contributed by atoms with Crippen molar-refractivity contribution in [3.63, 3.8) is 0 Å². The van der Waals surface area contributed by atoms with E-state index in [9.17, 15) is 22.4 Å². The van der Waals surface area contributed by atoms with E-state index in [1.165, 1.54) is 41.3 Å². The number of carbonyl (C=O) groups is 2. The number of halogens is 2. The molecule has 1 N–H and O–H groups in total. The number of sulfonamides is 1. The highest BCUT2D eigenvalue weighted by atomic mass is 35.5. The maximum Gasteiger partial charge on any atom is 0.244 e. The zero-order valence-corrected chi connectivity index (χ0v) is 19.1. The summed E-state index contributed by atoms with van der Waals surface area (Å²) < 4.78 is 39.0. The van der Waals surface area contributed by atoms with E-state index in [1.807, 2.05) is 0 Å². The summed E-state index contributed by atoms with van der Waals surface area (Å²) in [4.78, 5) is 26.9. The van der Waals surface area contributed by atoms with Crippen molar-refractivity contribution < 1.29 is 22.4 Å². The van der Waals surface area contributed by atoms with Gasteiger partial charge >= 0.3 is 0 Å². The molecule has 0 aliphatic rings. The van der Waals surface area contributed by atoms with E-state index in [0.29, 0.717) is 12.1 Å². The predicted octanol–water partition coefficient (Wildman–Crippen LogP) is 2.80. The van der Waals surface area contributed by atoms with Gasteiger partial charge in [0, 0.05) is 13.1 Å². The Kier molecular flexibility index (Phi) is 8.41. The molecule has 31 heavy (non-hydrogen) atoms. The van der Waals surface area contributed by atoms with Crippen molar-refractivity contribution >= 4 is 39.1 Å². The molecular weight excluding hydrogens is 445 g/mol. The van der Waals surface area contributed by atoms with Gasteiger partial charge in [-0.1, -0.05) is 35.9 Å². The molecular formula is C21H25ClFN3O4S. The summed E-state index contributed by atoms with van der Waals surface area (Å²) in [5.74, 6) is -1.42. The number of amides is 2. The first-order chi connectivity index (χ1) is 14.5. The fourth-order valence-corrected chi connectivity index (χ4v) is 4.09. The Labute approximate surface area is 186 Å². The van der Waals surface area contributed by atoms with Gasteiger partial charge in [0.2, 0.25) is 21.8 Å². The average Bonchev–Trinajstić information content (AvgIpc) is 2.71. The number of anilines is 1. The highest BCUT2D eigenvalue weighted by Gasteiger charge is 2.30. The van der Waals surface area contributed by atoms with Gasteiger partial charge in [-0.15, -0.1) is 0 Å². The van der Waals surface area contributed by atoms with Crippen molar-refractivity contribution in [2.75, 3.05) is 23.7 Å². The fourth-order valence-electron chi connectivity index (χ4n) is 2.94. The van der Waals surface area contributed by atoms with E-state index in [2.05, 4.69) is 5.32 Å². The van der Waals surface area contributed by atoms with Gasteiger partial charge < -0.3 is 10.2 Å². The first kappa shape index (κ1) is 24.6. The van der Waals surface area contributed by atoms with Gasteiger partial charge in [0.1, 0.15) is 18.4 Å². The van der Waals surface area contributed by atoms with Crippen LogP contribution in [0, 0.1) is 5.82 Å². The number of hydrogen-bond donors (Lipinski definition) is 1. The highest BCUT2D eigenvalue weighted by molar-refractivity contribution is 7.92. The third-order valence-corrected chi connectivity index (χ3v) is 6.03. The second kappa shape index (κ2) is 10.6. The largest absolute Gasteiger partial charge is 0.355 e. The van der Waals surface area contributed by atoms with Crippen LogP contribution in [-0.4, -0.2) is 50.5 Å². The summed E-state index contributed by atoms with van der Waals surface area (Å²) in [5, 5.41) is 2.82. The lowest BCUT2D eigenvalue weighted by atomic mass is 10.1. The maximum atomic E-state index is 13.3. The van der Waals surface area contributed by atoms with Gasteiger partial charge in [-0.3, -0.25) is 13.9 Å². The molecule has 2 rings (SSSR count). The number of carbonyl (C=O) groups excluding carboxylic acids is 2. The number of likely N-dealkylation sites (N-methyl/N-ethyl adjacent to an activating group) is 1. The van der Waals surface area contributed by atoms with Crippen molar-refractivity contribution in [2.24, 2.45) is 0 Å². The minimum absolute atomic E-state index is 0.00244. The highest BCUT2D eigenvalue weighted by Crippen LogP contribution is 2.27. The molecule has 2 aromatic rings. The Bertz CT molecular complexity index is 1030. The minimum Gasteiger partial charge on any atom is -0.355 e. The van der Waals surface area contributed by atoms with Crippen LogP contribution in [0.15, 0.2) is 48.5 Å². The summed E-state index contributed by atoms with van der Waals surface area (Å²) in [6.45, 7) is 3.12. The number of para-hydroxylation sites is 1. The molecule has 0 aliphatic carbocycles. The third kappa shape index (κ3) is 6.67. The van der Waals surface area contributed by atoms with Crippen molar-refractivity contribution in [1.82, 2.24) is 10.2 Å². The molecule has 2 aromatic carbocycles. The Hall–Kier alpha value is -2.65. The Balaban J connectivity index is 2.38. The summed E-state index contributed by atoms with van der Waals surface area (Å²) in [6, 6.07) is 10.9. The summed E-state index contributed by atoms with van der Waals surface area (Å²) in [5.41, 5.74) is 0.752. The molecule has 0 saturated heterocycles. The van der Waals surface area contributed by atoms with Crippen LogP contribution in [-0.2, 0) is 26.2 Å². The Morgan fingerprint density at radius 3 is 2.29 bits per heavy atom. The molecule has 0 bridgehead atoms. The van der Waals surface area contributed by atoms with Crippen LogP contribution in [0.5, 0.6) is 0 Å². The van der Waals surface area contributed by atoms with Crippen LogP contribution in [0.1, 0.15) is 19.4 Å². The summed E-state index contributed by atoms with van der Waals surface area (Å²) in [6.07, 6.45) is 0.973. The fraction of sp³-hybridized carbons (Fsp3) is 0.333. The molecule has 0 fully saturated rings. The van der Waals surface area contributed by atoms with E-state index >= 15 is 0 Å². The van der Waals surface area contributed by atoms with Crippen LogP contribution in [0.25, 0.3) is 0 Å². The number of nitrogens with one attached hydrogen (secondary N) is 1. The monoisotopic (exact) mass is 469 g/mol. The van der Waals surface area contributed by atoms with E-state index in [-0.39, 0.29) is 23.2 Å². The lowest BCUT2D eigenvalue weighted by molar-refractivity contribution is -0.139. The van der Waals surface area contributed by atoms with Gasteiger partial charge in [0.15, 0.2) is 0 Å². The first-order valence-corrected chi connectivity index (χ1v) is 11.8. The van der Waals surface area contributed by atoms with E-state index in [0.717, 1.165) is 10.6 Å². The topological polar surface area (TPSA) is 86.8 Å². The normalized spacial score (nSPS) is 12.2. The smallest absolute Gasteiger partial charge is 0.244 e. The van der Waals surface area contributed by atoms with Crippen LogP contribution in [0.2, 0.25) is 5.02 Å². The summed E-state index contributed by atoms with van der Waals surface area (Å²) in [7, 11) is -3.85. The maximum absolute atomic E-state index is 13.3. The molecule has 0 heterocycles. The molecule has 0 aromatic heterocycles. The van der Waals surface area contributed by atoms with Gasteiger partial charge in [-0.2, -0.15) is 0 Å². The number of nitrogens with zero attached hydrogens (tertiary/aromatic N) is 2. The van der Waals surface area contributed by atoms with Crippen LogP contribution in [0.3, 0.4) is 0 Å². The molecule has 0 spiro atoms. The molecule has 168 valence electrons. The third-order valence-electron chi connectivity index (χ3n) is 4.58. The summed E-state index contributed by atoms with van der Waals surface area (Å²) >= 11 is 6.16. The predicted molar refractivity (Wildman–Crippen MR) is 119 cm³/mol. The second-order valence-corrected chi connectivity index (χ2v) is 9.25. The number of benzene rings is 2. The van der Waals surface area contributed by atoms with Gasteiger partial charge in [0.25, 0.3) is 0 Å². The van der Waals surface area contributed by atoms with E-state index in [4.69, 9.17) is 11.6 Å². The van der Waals surface area contributed by atoms with E-state index < -0.39 is 34.3 Å². The van der Waals surface area contributed by atoms with Crippen LogP contribution >= 0.6 is 11.6 Å². The molecule has 2 amide bonds. The first-order valence-electron chi connectivity index (χ1n) is 9.58. The molecule has 7 nitrogen and oxygen atoms in total. The second-order valence-electron chi connectivity index (χ2n) is 6.94. The van der Waals surface area contributed by atoms with Crippen molar-refractivity contribution in [3.8, 4) is 0 Å². The number of hydrogen-bond acceptors (Lipinski definition) is 4. The molecule has 1 atom stereocenters. The van der Waals surface area contributed by atoms with Gasteiger partial charge in [-0.05, 0) is 43.7 Å². The SMILES string of the molecule is CCNC(=O)[C@@H](C)N(Cc1ccc(F)cc1)C(=O)CN(c1ccccc1Cl)S(C)(=O)=O. The van der Waals surface area contributed by atoms with Crippen molar-refractivity contribution in [1.29, 1.82) is 0 Å². The molecule has 0 aliphatic heterocycles. The van der Waals surface area contributed by atoms with Crippen LogP contribution < -0.4 is 9.62 Å². The van der Waals surface area contributed by atoms with Crippen molar-refractivity contribution in [2.45, 2.75) is 26.4 Å². The molecule has 0 radical (unpaired) electrons. The zero-order valence-electron chi connectivity index (χ0n) is 17.5. The zero-order chi connectivity index (χ0) is 23.2. The molecule has 10 heteroatoms. The standard InChI is InChI=1S/C21H25ClFN3O4S/c1-4-24-21(28)15(2)25(13-16-9-11-17(23)12-10-16)20(27)14-26(31(3,29)30)19-8-6-5-7-18(19)22/h5-12,15H,4,13-14H2,1-3H3,(H,24,28)/t15-/m1/s1. The van der Waals surface area contributed by atoms with Crippen molar-refractivity contribution in [3.05, 3.63) is 64.9 Å². The molecule has 0 unspecified atom stereocenters. The van der Waals surface area contributed by atoms with E-state index in [1.54, 1.807) is 26.0 Å². The Morgan fingerprint density at radius 1 is 1.13 bits per heavy atom. The quantitative estimate of drug-likeness (QED) is 0.611. The minimum atomic E-state index is -3.85.